The first-order valence-corrected chi connectivity index (χ1v) is 11.8. The lowest BCUT2D eigenvalue weighted by atomic mass is 10.1. The third-order valence-electron chi connectivity index (χ3n) is 6.01. The standard InChI is InChI=1S/C31H25N3O3/c1-21-8-14-25(15-9-21)32-30(35)24-12-16-26(17-13-24)34-29(23-6-4-3-5-7-23)33-28(31(34)36)20-22-10-18-27(37-2)19-11-22/h3-20H,1-2H3,(H,32,35). The predicted octanol–water partition coefficient (Wildman–Crippen LogP) is 6.09. The van der Waals surface area contributed by atoms with Crippen molar-refractivity contribution >= 4 is 35.1 Å². The predicted molar refractivity (Wildman–Crippen MR) is 147 cm³/mol. The molecule has 1 N–H and O–H groups in total. The van der Waals surface area contributed by atoms with E-state index in [4.69, 9.17) is 9.73 Å². The van der Waals surface area contributed by atoms with Gasteiger partial charge in [-0.1, -0.05) is 60.2 Å². The van der Waals surface area contributed by atoms with Crippen LogP contribution in [0.4, 0.5) is 11.4 Å². The number of rotatable bonds is 6. The quantitative estimate of drug-likeness (QED) is 0.335. The van der Waals surface area contributed by atoms with Gasteiger partial charge in [0.05, 0.1) is 12.8 Å². The van der Waals surface area contributed by atoms with Gasteiger partial charge in [0.1, 0.15) is 17.3 Å². The highest BCUT2D eigenvalue weighted by atomic mass is 16.5. The van der Waals surface area contributed by atoms with Crippen LogP contribution in [0.2, 0.25) is 0 Å². The number of carbonyl (C=O) groups excluding carboxylic acids is 2. The number of hydrogen-bond acceptors (Lipinski definition) is 4. The molecule has 0 saturated heterocycles. The van der Waals surface area contributed by atoms with Gasteiger partial charge >= 0.3 is 0 Å². The lowest BCUT2D eigenvalue weighted by Gasteiger charge is -2.19. The summed E-state index contributed by atoms with van der Waals surface area (Å²) in [5, 5.41) is 2.90. The molecule has 37 heavy (non-hydrogen) atoms. The second kappa shape index (κ2) is 10.3. The number of nitrogens with one attached hydrogen (secondary N) is 1. The van der Waals surface area contributed by atoms with Gasteiger partial charge in [0.2, 0.25) is 0 Å². The van der Waals surface area contributed by atoms with Crippen LogP contribution in [0.25, 0.3) is 6.08 Å². The van der Waals surface area contributed by atoms with Crippen molar-refractivity contribution in [1.29, 1.82) is 0 Å². The van der Waals surface area contributed by atoms with E-state index in [0.717, 1.165) is 28.1 Å². The minimum Gasteiger partial charge on any atom is -0.497 e. The summed E-state index contributed by atoms with van der Waals surface area (Å²) in [7, 11) is 1.61. The Morgan fingerprint density at radius 3 is 2.19 bits per heavy atom. The Morgan fingerprint density at radius 1 is 0.865 bits per heavy atom. The van der Waals surface area contributed by atoms with E-state index >= 15 is 0 Å². The van der Waals surface area contributed by atoms with E-state index in [1.54, 1.807) is 42.4 Å². The molecule has 1 aliphatic rings. The first-order valence-electron chi connectivity index (χ1n) is 11.8. The summed E-state index contributed by atoms with van der Waals surface area (Å²) in [6.07, 6.45) is 1.76. The number of amidine groups is 1. The summed E-state index contributed by atoms with van der Waals surface area (Å²) in [6.45, 7) is 1.99. The Labute approximate surface area is 215 Å². The van der Waals surface area contributed by atoms with Crippen LogP contribution in [0.5, 0.6) is 5.75 Å². The number of ether oxygens (including phenoxy) is 1. The molecule has 0 unspecified atom stereocenters. The van der Waals surface area contributed by atoms with E-state index in [-0.39, 0.29) is 11.8 Å². The molecule has 1 heterocycles. The van der Waals surface area contributed by atoms with Crippen LogP contribution < -0.4 is 15.0 Å². The minimum absolute atomic E-state index is 0.222. The number of aliphatic imine (C=N–C) groups is 1. The van der Waals surface area contributed by atoms with Crippen molar-refractivity contribution in [2.24, 2.45) is 4.99 Å². The molecular formula is C31H25N3O3. The molecule has 2 amide bonds. The Bertz CT molecular complexity index is 1490. The summed E-state index contributed by atoms with van der Waals surface area (Å²) in [4.78, 5) is 32.6. The Morgan fingerprint density at radius 2 is 1.54 bits per heavy atom. The van der Waals surface area contributed by atoms with Gasteiger partial charge in [-0.25, -0.2) is 4.99 Å². The minimum atomic E-state index is -0.244. The zero-order valence-electron chi connectivity index (χ0n) is 20.5. The fraction of sp³-hybridized carbons (Fsp3) is 0.0645. The number of nitrogens with zero attached hydrogens (tertiary/aromatic N) is 2. The molecule has 6 nitrogen and oxygen atoms in total. The zero-order valence-corrected chi connectivity index (χ0v) is 20.5. The molecule has 0 atom stereocenters. The molecule has 182 valence electrons. The van der Waals surface area contributed by atoms with Crippen LogP contribution in [0.15, 0.2) is 114 Å². The molecule has 1 aliphatic heterocycles. The zero-order chi connectivity index (χ0) is 25.8. The van der Waals surface area contributed by atoms with E-state index in [2.05, 4.69) is 5.32 Å². The van der Waals surface area contributed by atoms with Gasteiger partial charge in [-0.2, -0.15) is 0 Å². The van der Waals surface area contributed by atoms with Gasteiger partial charge in [-0.15, -0.1) is 0 Å². The van der Waals surface area contributed by atoms with Crippen molar-refractivity contribution in [2.45, 2.75) is 6.92 Å². The first-order chi connectivity index (χ1) is 18.0. The van der Waals surface area contributed by atoms with E-state index in [1.165, 1.54) is 0 Å². The molecule has 0 saturated carbocycles. The van der Waals surface area contributed by atoms with Crippen molar-refractivity contribution in [3.63, 3.8) is 0 Å². The SMILES string of the molecule is COc1ccc(C=C2N=C(c3ccccc3)N(c3ccc(C(=O)Nc4ccc(C)cc4)cc3)C2=O)cc1. The number of hydrogen-bond donors (Lipinski definition) is 1. The summed E-state index contributed by atoms with van der Waals surface area (Å²) < 4.78 is 5.22. The van der Waals surface area contributed by atoms with Crippen LogP contribution in [0.1, 0.15) is 27.0 Å². The van der Waals surface area contributed by atoms with Crippen LogP contribution in [0, 0.1) is 6.92 Å². The lowest BCUT2D eigenvalue weighted by molar-refractivity contribution is -0.113. The van der Waals surface area contributed by atoms with E-state index in [0.29, 0.717) is 22.8 Å². The van der Waals surface area contributed by atoms with Crippen molar-refractivity contribution in [3.05, 3.63) is 131 Å². The van der Waals surface area contributed by atoms with E-state index < -0.39 is 0 Å². The van der Waals surface area contributed by atoms with Crippen LogP contribution in [-0.2, 0) is 4.79 Å². The molecule has 6 heteroatoms. The number of amides is 2. The second-order valence-electron chi connectivity index (χ2n) is 8.61. The number of anilines is 2. The van der Waals surface area contributed by atoms with Gasteiger partial charge in [0.15, 0.2) is 0 Å². The highest BCUT2D eigenvalue weighted by molar-refractivity contribution is 6.33. The number of carbonyl (C=O) groups is 2. The fourth-order valence-electron chi connectivity index (χ4n) is 4.00. The smallest absolute Gasteiger partial charge is 0.282 e. The molecule has 4 aromatic carbocycles. The molecule has 4 aromatic rings. The van der Waals surface area contributed by atoms with Crippen molar-refractivity contribution in [1.82, 2.24) is 0 Å². The Balaban J connectivity index is 1.44. The molecular weight excluding hydrogens is 462 g/mol. The highest BCUT2D eigenvalue weighted by Crippen LogP contribution is 2.28. The maximum Gasteiger partial charge on any atom is 0.282 e. The van der Waals surface area contributed by atoms with Crippen molar-refractivity contribution in [2.75, 3.05) is 17.3 Å². The largest absolute Gasteiger partial charge is 0.497 e. The molecule has 0 aromatic heterocycles. The average Bonchev–Trinajstić information content (AvgIpc) is 3.26. The number of aryl methyl sites for hydroxylation is 1. The number of benzene rings is 4. The van der Waals surface area contributed by atoms with Crippen LogP contribution in [0.3, 0.4) is 0 Å². The highest BCUT2D eigenvalue weighted by Gasteiger charge is 2.32. The van der Waals surface area contributed by atoms with Gasteiger partial charge in [0, 0.05) is 16.8 Å². The topological polar surface area (TPSA) is 71.0 Å². The summed E-state index contributed by atoms with van der Waals surface area (Å²) in [6, 6.07) is 31.5. The van der Waals surface area contributed by atoms with Gasteiger partial charge in [0.25, 0.3) is 11.8 Å². The van der Waals surface area contributed by atoms with Gasteiger partial charge in [-0.3, -0.25) is 14.5 Å². The molecule has 0 aliphatic carbocycles. The number of methoxy groups -OCH3 is 1. The molecule has 0 fully saturated rings. The Kier molecular flexibility index (Phi) is 6.64. The molecule has 0 bridgehead atoms. The molecule has 5 rings (SSSR count). The lowest BCUT2D eigenvalue weighted by Crippen LogP contribution is -2.32. The third kappa shape index (κ3) is 5.18. The van der Waals surface area contributed by atoms with E-state index in [9.17, 15) is 9.59 Å². The van der Waals surface area contributed by atoms with Crippen LogP contribution >= 0.6 is 0 Å². The molecule has 0 spiro atoms. The average molecular weight is 488 g/mol. The van der Waals surface area contributed by atoms with Crippen molar-refractivity contribution < 1.29 is 14.3 Å². The van der Waals surface area contributed by atoms with Crippen molar-refractivity contribution in [3.8, 4) is 5.75 Å². The van der Waals surface area contributed by atoms with Gasteiger partial charge < -0.3 is 10.1 Å². The van der Waals surface area contributed by atoms with Crippen LogP contribution in [-0.4, -0.2) is 24.8 Å². The maximum atomic E-state index is 13.5. The maximum absolute atomic E-state index is 13.5. The molecule has 0 radical (unpaired) electrons. The monoisotopic (exact) mass is 487 g/mol. The van der Waals surface area contributed by atoms with Gasteiger partial charge in [-0.05, 0) is 67.1 Å². The second-order valence-corrected chi connectivity index (χ2v) is 8.61. The first kappa shape index (κ1) is 23.8. The summed E-state index contributed by atoms with van der Waals surface area (Å²) in [5.41, 5.74) is 4.93. The normalized spacial score (nSPS) is 14.0. The fourth-order valence-corrected chi connectivity index (χ4v) is 4.00. The van der Waals surface area contributed by atoms with E-state index in [1.807, 2.05) is 85.8 Å². The Hall–Kier alpha value is -4.97. The summed E-state index contributed by atoms with van der Waals surface area (Å²) >= 11 is 0. The third-order valence-corrected chi connectivity index (χ3v) is 6.01. The summed E-state index contributed by atoms with van der Waals surface area (Å²) in [5.74, 6) is 0.801.